The van der Waals surface area contributed by atoms with Crippen LogP contribution in [0.5, 0.6) is 0 Å². The molecule has 0 radical (unpaired) electrons. The highest BCUT2D eigenvalue weighted by molar-refractivity contribution is 7.92. The molecule has 0 saturated carbocycles. The van der Waals surface area contributed by atoms with Crippen LogP contribution in [0.3, 0.4) is 0 Å². The summed E-state index contributed by atoms with van der Waals surface area (Å²) >= 11 is 0. The van der Waals surface area contributed by atoms with Crippen molar-refractivity contribution < 1.29 is 27.1 Å². The molecule has 1 atom stereocenters. The first kappa shape index (κ1) is 35.6. The number of carbonyl (C=O) groups is 1. The van der Waals surface area contributed by atoms with Gasteiger partial charge in [-0.1, -0.05) is 13.8 Å². The number of pyridine rings is 1. The van der Waals surface area contributed by atoms with Crippen molar-refractivity contribution in [2.75, 3.05) is 35.8 Å². The van der Waals surface area contributed by atoms with E-state index in [1.54, 1.807) is 0 Å². The molecule has 40 heavy (non-hydrogen) atoms. The molecule has 2 N–H and O–H groups in total. The highest BCUT2D eigenvalue weighted by Crippen LogP contribution is 2.28. The van der Waals surface area contributed by atoms with Crippen LogP contribution in [0.4, 0.5) is 20.3 Å². The van der Waals surface area contributed by atoms with Gasteiger partial charge in [-0.3, -0.25) is 9.62 Å². The summed E-state index contributed by atoms with van der Waals surface area (Å²) < 4.78 is 54.4. The largest absolute Gasteiger partial charge is 0.478 e. The van der Waals surface area contributed by atoms with Gasteiger partial charge in [0.25, 0.3) is 10.0 Å². The number of rotatable bonds is 8. The zero-order valence-electron chi connectivity index (χ0n) is 22.1. The molecule has 3 aromatic rings. The standard InChI is InChI=1S/C26H30F2N4O4S.3ClH/c1-16(2)12-17(3)31-8-10-32(11-9-31)25-15-21(26(33)34)20-13-18(4-7-24(20)29-25)30-37(35,36)19-5-6-22(27)23(28)14-19;;;/h4-7,13-17,30H,8-12H2,1-3H3,(H,33,34);3*1H. The van der Waals surface area contributed by atoms with Crippen LogP contribution in [0.25, 0.3) is 10.9 Å². The Morgan fingerprint density at radius 2 is 1.62 bits per heavy atom. The normalized spacial score (nSPS) is 14.6. The van der Waals surface area contributed by atoms with Crippen molar-refractivity contribution in [1.82, 2.24) is 9.88 Å². The molecule has 1 unspecified atom stereocenters. The fraction of sp³-hybridized carbons (Fsp3) is 0.385. The lowest BCUT2D eigenvalue weighted by atomic mass is 10.0. The van der Waals surface area contributed by atoms with Gasteiger partial charge in [0.2, 0.25) is 0 Å². The number of anilines is 2. The molecule has 1 saturated heterocycles. The molecule has 14 heteroatoms. The number of sulfonamides is 1. The molecule has 2 aromatic carbocycles. The Balaban J connectivity index is 0.00000267. The Hall–Kier alpha value is -2.44. The summed E-state index contributed by atoms with van der Waals surface area (Å²) in [5.41, 5.74) is 0.466. The van der Waals surface area contributed by atoms with Crippen LogP contribution >= 0.6 is 37.2 Å². The van der Waals surface area contributed by atoms with Gasteiger partial charge in [-0.05, 0) is 61.7 Å². The highest BCUT2D eigenvalue weighted by Gasteiger charge is 2.24. The van der Waals surface area contributed by atoms with E-state index in [1.807, 2.05) is 0 Å². The minimum absolute atomic E-state index is 0. The zero-order chi connectivity index (χ0) is 26.9. The lowest BCUT2D eigenvalue weighted by Crippen LogP contribution is -2.50. The maximum Gasteiger partial charge on any atom is 0.336 e. The van der Waals surface area contributed by atoms with Gasteiger partial charge >= 0.3 is 5.97 Å². The number of benzene rings is 2. The lowest BCUT2D eigenvalue weighted by Gasteiger charge is -2.39. The third-order valence-corrected chi connectivity index (χ3v) is 7.93. The molecule has 1 aliphatic heterocycles. The van der Waals surface area contributed by atoms with Gasteiger partial charge in [-0.15, -0.1) is 37.2 Å². The van der Waals surface area contributed by atoms with E-state index in [2.05, 4.69) is 40.3 Å². The summed E-state index contributed by atoms with van der Waals surface area (Å²) in [5.74, 6) is -2.46. The molecule has 1 aliphatic rings. The number of carboxylic acid groups (broad SMARTS) is 1. The van der Waals surface area contributed by atoms with Crippen molar-refractivity contribution in [3.05, 3.63) is 59.7 Å². The predicted octanol–water partition coefficient (Wildman–Crippen LogP) is 5.83. The summed E-state index contributed by atoms with van der Waals surface area (Å²) in [6.45, 7) is 9.76. The maximum absolute atomic E-state index is 13.6. The fourth-order valence-corrected chi connectivity index (χ4v) is 5.76. The summed E-state index contributed by atoms with van der Waals surface area (Å²) in [6, 6.07) is 8.59. The first-order chi connectivity index (χ1) is 17.4. The SMILES string of the molecule is CC(C)CC(C)N1CCN(c2cc(C(=O)O)c3cc(NS(=O)(=O)c4ccc(F)c(F)c4)ccc3n2)CC1.Cl.Cl.Cl. The molecule has 222 valence electrons. The van der Waals surface area contributed by atoms with Crippen LogP contribution in [0.1, 0.15) is 37.6 Å². The predicted molar refractivity (Wildman–Crippen MR) is 160 cm³/mol. The monoisotopic (exact) mass is 640 g/mol. The summed E-state index contributed by atoms with van der Waals surface area (Å²) in [5, 5.41) is 10.1. The molecule has 8 nitrogen and oxygen atoms in total. The van der Waals surface area contributed by atoms with Crippen LogP contribution in [0, 0.1) is 17.6 Å². The Morgan fingerprint density at radius 3 is 2.20 bits per heavy atom. The van der Waals surface area contributed by atoms with Crippen molar-refractivity contribution in [1.29, 1.82) is 0 Å². The molecule has 4 rings (SSSR count). The molecule has 0 aliphatic carbocycles. The quantitative estimate of drug-likeness (QED) is 0.319. The number of nitrogens with zero attached hydrogens (tertiary/aromatic N) is 3. The number of halogens is 5. The minimum Gasteiger partial charge on any atom is -0.478 e. The summed E-state index contributed by atoms with van der Waals surface area (Å²) in [7, 11) is -4.24. The van der Waals surface area contributed by atoms with Crippen LogP contribution in [0.15, 0.2) is 47.4 Å². The lowest BCUT2D eigenvalue weighted by molar-refractivity contribution is 0.0699. The van der Waals surface area contributed by atoms with Crippen molar-refractivity contribution in [3.8, 4) is 0 Å². The third kappa shape index (κ3) is 8.07. The van der Waals surface area contributed by atoms with E-state index >= 15 is 0 Å². The third-order valence-electron chi connectivity index (χ3n) is 6.55. The van der Waals surface area contributed by atoms with Gasteiger partial charge in [-0.25, -0.2) is 27.0 Å². The van der Waals surface area contributed by atoms with Crippen LogP contribution in [-0.2, 0) is 10.0 Å². The molecule has 2 heterocycles. The van der Waals surface area contributed by atoms with Gasteiger partial charge in [0.15, 0.2) is 11.6 Å². The summed E-state index contributed by atoms with van der Waals surface area (Å²) in [6.07, 6.45) is 1.11. The van der Waals surface area contributed by atoms with Crippen molar-refractivity contribution in [2.45, 2.75) is 38.1 Å². The van der Waals surface area contributed by atoms with E-state index < -0.39 is 32.5 Å². The summed E-state index contributed by atoms with van der Waals surface area (Å²) in [4.78, 5) is 20.8. The second kappa shape index (κ2) is 14.5. The maximum atomic E-state index is 13.6. The molecule has 1 fully saturated rings. The second-order valence-corrected chi connectivity index (χ2v) is 11.4. The molecule has 0 spiro atoms. The Kier molecular flexibility index (Phi) is 12.9. The minimum atomic E-state index is -4.24. The van der Waals surface area contributed by atoms with E-state index in [1.165, 1.54) is 24.3 Å². The van der Waals surface area contributed by atoms with Gasteiger partial charge in [0.05, 0.1) is 16.0 Å². The number of aromatic carboxylic acids is 1. The highest BCUT2D eigenvalue weighted by atomic mass is 35.5. The fourth-order valence-electron chi connectivity index (χ4n) is 4.70. The average Bonchev–Trinajstić information content (AvgIpc) is 2.84. The van der Waals surface area contributed by atoms with Gasteiger partial charge in [0.1, 0.15) is 5.82 Å². The number of hydrogen-bond donors (Lipinski definition) is 2. The number of fused-ring (bicyclic) bond motifs is 1. The van der Waals surface area contributed by atoms with Gasteiger partial charge in [0, 0.05) is 43.3 Å². The first-order valence-corrected chi connectivity index (χ1v) is 13.6. The Morgan fingerprint density at radius 1 is 0.975 bits per heavy atom. The van der Waals surface area contributed by atoms with E-state index in [9.17, 15) is 27.1 Å². The van der Waals surface area contributed by atoms with Crippen molar-refractivity contribution in [3.63, 3.8) is 0 Å². The van der Waals surface area contributed by atoms with Gasteiger partial charge in [-0.2, -0.15) is 0 Å². The number of carboxylic acids is 1. The number of nitrogens with one attached hydrogen (secondary N) is 1. The second-order valence-electron chi connectivity index (χ2n) is 9.75. The van der Waals surface area contributed by atoms with Crippen molar-refractivity contribution >= 4 is 75.6 Å². The topological polar surface area (TPSA) is 103 Å². The number of hydrogen-bond acceptors (Lipinski definition) is 6. The molecular formula is C26H33Cl3F2N4O4S. The van der Waals surface area contributed by atoms with E-state index in [-0.39, 0.29) is 53.9 Å². The molecule has 0 amide bonds. The van der Waals surface area contributed by atoms with E-state index in [4.69, 9.17) is 0 Å². The molecular weight excluding hydrogens is 609 g/mol. The number of aromatic nitrogens is 1. The zero-order valence-corrected chi connectivity index (χ0v) is 25.4. The van der Waals surface area contributed by atoms with E-state index in [0.717, 1.165) is 31.6 Å². The molecule has 1 aromatic heterocycles. The average molecular weight is 642 g/mol. The van der Waals surface area contributed by atoms with Gasteiger partial charge < -0.3 is 10.0 Å². The Labute approximate surface area is 251 Å². The van der Waals surface area contributed by atoms with Crippen molar-refractivity contribution in [2.24, 2.45) is 5.92 Å². The van der Waals surface area contributed by atoms with Crippen LogP contribution < -0.4 is 9.62 Å². The van der Waals surface area contributed by atoms with E-state index in [0.29, 0.717) is 42.5 Å². The molecule has 0 bridgehead atoms. The first-order valence-electron chi connectivity index (χ1n) is 12.1. The van der Waals surface area contributed by atoms with Crippen LogP contribution in [-0.4, -0.2) is 61.6 Å². The van der Waals surface area contributed by atoms with Crippen LogP contribution in [0.2, 0.25) is 0 Å². The smallest absolute Gasteiger partial charge is 0.336 e. The Bertz CT molecular complexity index is 1440. The number of piperazine rings is 1.